The molecule has 0 radical (unpaired) electrons. The largest absolute Gasteiger partial charge is 0.359 e. The zero-order chi connectivity index (χ0) is 20.1. The number of nitro groups is 2. The Balaban J connectivity index is 2.26. The highest BCUT2D eigenvalue weighted by Gasteiger charge is 2.25. The average Bonchev–Trinajstić information content (AvgIpc) is 2.62. The molecule has 10 heteroatoms. The van der Waals surface area contributed by atoms with Gasteiger partial charge in [-0.2, -0.15) is 0 Å². The number of anilines is 1. The lowest BCUT2D eigenvalue weighted by atomic mass is 10.1. The van der Waals surface area contributed by atoms with Gasteiger partial charge in [-0.15, -0.1) is 0 Å². The number of nitro benzene ring substituents is 2. The van der Waals surface area contributed by atoms with Crippen LogP contribution in [0.1, 0.15) is 21.5 Å². The van der Waals surface area contributed by atoms with Gasteiger partial charge in [-0.25, -0.2) is 0 Å². The van der Waals surface area contributed by atoms with Crippen molar-refractivity contribution in [2.45, 2.75) is 13.3 Å². The molecule has 0 atom stereocenters. The summed E-state index contributed by atoms with van der Waals surface area (Å²) in [5.74, 6) is -0.883. The first kappa shape index (κ1) is 19.5. The molecular formula is C17H16N4O6. The van der Waals surface area contributed by atoms with Gasteiger partial charge >= 0.3 is 0 Å². The number of likely N-dealkylation sites (N-methyl/N-ethyl adjacent to an activating group) is 1. The minimum absolute atomic E-state index is 0.125. The van der Waals surface area contributed by atoms with E-state index in [2.05, 4.69) is 10.6 Å². The van der Waals surface area contributed by atoms with Gasteiger partial charge in [0, 0.05) is 24.9 Å². The summed E-state index contributed by atoms with van der Waals surface area (Å²) in [5.41, 5.74) is -0.223. The van der Waals surface area contributed by atoms with Crippen molar-refractivity contribution in [1.29, 1.82) is 0 Å². The topological polar surface area (TPSA) is 144 Å². The smallest absolute Gasteiger partial charge is 0.279 e. The third kappa shape index (κ3) is 4.63. The molecule has 2 rings (SSSR count). The summed E-state index contributed by atoms with van der Waals surface area (Å²) < 4.78 is 0. The van der Waals surface area contributed by atoms with Gasteiger partial charge in [0.1, 0.15) is 5.56 Å². The minimum Gasteiger partial charge on any atom is -0.359 e. The van der Waals surface area contributed by atoms with Crippen LogP contribution in [-0.4, -0.2) is 28.7 Å². The van der Waals surface area contributed by atoms with E-state index in [0.717, 1.165) is 17.7 Å². The predicted molar refractivity (Wildman–Crippen MR) is 96.7 cm³/mol. The summed E-state index contributed by atoms with van der Waals surface area (Å²) in [6, 6.07) is 8.41. The molecule has 0 saturated carbocycles. The number of hydrogen-bond acceptors (Lipinski definition) is 6. The second-order valence-corrected chi connectivity index (χ2v) is 5.65. The third-order valence-corrected chi connectivity index (χ3v) is 3.86. The van der Waals surface area contributed by atoms with Crippen LogP contribution < -0.4 is 10.6 Å². The molecule has 2 amide bonds. The van der Waals surface area contributed by atoms with Crippen LogP contribution in [-0.2, 0) is 11.2 Å². The maximum absolute atomic E-state index is 12.4. The van der Waals surface area contributed by atoms with Crippen molar-refractivity contribution in [2.24, 2.45) is 0 Å². The molecule has 0 heterocycles. The lowest BCUT2D eigenvalue weighted by molar-refractivity contribution is -0.395. The Labute approximate surface area is 153 Å². The number of nitrogens with zero attached hydrogens (tertiary/aromatic N) is 2. The first-order valence-electron chi connectivity index (χ1n) is 7.77. The maximum Gasteiger partial charge on any atom is 0.279 e. The van der Waals surface area contributed by atoms with Crippen LogP contribution >= 0.6 is 0 Å². The van der Waals surface area contributed by atoms with Crippen molar-refractivity contribution in [3.05, 3.63) is 73.3 Å². The van der Waals surface area contributed by atoms with E-state index in [1.54, 1.807) is 24.3 Å². The maximum atomic E-state index is 12.4. The highest BCUT2D eigenvalue weighted by molar-refractivity contribution is 6.05. The highest BCUT2D eigenvalue weighted by atomic mass is 16.6. The first-order valence-corrected chi connectivity index (χ1v) is 7.77. The molecular weight excluding hydrogens is 356 g/mol. The summed E-state index contributed by atoms with van der Waals surface area (Å²) in [4.78, 5) is 44.4. The molecule has 140 valence electrons. The van der Waals surface area contributed by atoms with E-state index < -0.39 is 27.1 Å². The van der Waals surface area contributed by atoms with Crippen molar-refractivity contribution in [3.63, 3.8) is 0 Å². The number of carbonyl (C=O) groups excluding carboxylic acids is 2. The standard InChI is InChI=1S/C17H16N4O6/c1-10-14(20(24)25)8-12(9-15(10)21(26)27)17(23)19-13-5-3-11(4-6-13)7-16(22)18-2/h3-6,8-9H,7H2,1-2H3,(H,18,22)(H,19,23). The zero-order valence-electron chi connectivity index (χ0n) is 14.5. The second-order valence-electron chi connectivity index (χ2n) is 5.65. The van der Waals surface area contributed by atoms with Gasteiger partial charge in [0.25, 0.3) is 17.3 Å². The van der Waals surface area contributed by atoms with Crippen LogP contribution in [0.5, 0.6) is 0 Å². The normalized spacial score (nSPS) is 10.1. The Morgan fingerprint density at radius 1 is 1.00 bits per heavy atom. The molecule has 0 unspecified atom stereocenters. The van der Waals surface area contributed by atoms with E-state index in [4.69, 9.17) is 0 Å². The van der Waals surface area contributed by atoms with Crippen molar-refractivity contribution in [2.75, 3.05) is 12.4 Å². The molecule has 2 N–H and O–H groups in total. The van der Waals surface area contributed by atoms with Crippen LogP contribution in [0.25, 0.3) is 0 Å². The lowest BCUT2D eigenvalue weighted by Gasteiger charge is -2.08. The van der Waals surface area contributed by atoms with Crippen LogP contribution in [0, 0.1) is 27.2 Å². The molecule has 0 aliphatic carbocycles. The summed E-state index contributed by atoms with van der Waals surface area (Å²) >= 11 is 0. The van der Waals surface area contributed by atoms with E-state index in [1.807, 2.05) is 0 Å². The van der Waals surface area contributed by atoms with Gasteiger partial charge in [-0.3, -0.25) is 29.8 Å². The fraction of sp³-hybridized carbons (Fsp3) is 0.176. The first-order chi connectivity index (χ1) is 12.7. The van der Waals surface area contributed by atoms with Crippen LogP contribution in [0.2, 0.25) is 0 Å². The van der Waals surface area contributed by atoms with Gasteiger partial charge in [0.15, 0.2) is 0 Å². The Bertz CT molecular complexity index is 889. The molecule has 2 aromatic carbocycles. The monoisotopic (exact) mass is 372 g/mol. The quantitative estimate of drug-likeness (QED) is 0.588. The van der Waals surface area contributed by atoms with E-state index >= 15 is 0 Å². The molecule has 0 fully saturated rings. The van der Waals surface area contributed by atoms with Crippen LogP contribution in [0.4, 0.5) is 17.1 Å². The number of carbonyl (C=O) groups is 2. The van der Waals surface area contributed by atoms with Crippen molar-refractivity contribution in [1.82, 2.24) is 5.32 Å². The molecule has 2 aromatic rings. The Morgan fingerprint density at radius 2 is 1.52 bits per heavy atom. The van der Waals surface area contributed by atoms with Gasteiger partial charge in [0.2, 0.25) is 5.91 Å². The van der Waals surface area contributed by atoms with Crippen molar-refractivity contribution in [3.8, 4) is 0 Å². The minimum atomic E-state index is -0.771. The molecule has 0 bridgehead atoms. The summed E-state index contributed by atoms with van der Waals surface area (Å²) in [6.45, 7) is 1.25. The van der Waals surface area contributed by atoms with Gasteiger partial charge < -0.3 is 10.6 Å². The Kier molecular flexibility index (Phi) is 5.81. The van der Waals surface area contributed by atoms with Crippen molar-refractivity contribution >= 4 is 28.9 Å². The SMILES string of the molecule is CNC(=O)Cc1ccc(NC(=O)c2cc([N+](=O)[O-])c(C)c([N+](=O)[O-])c2)cc1. The van der Waals surface area contributed by atoms with E-state index in [9.17, 15) is 29.8 Å². The number of benzene rings is 2. The number of amides is 2. The third-order valence-electron chi connectivity index (χ3n) is 3.86. The molecule has 0 aliphatic rings. The van der Waals surface area contributed by atoms with E-state index in [1.165, 1.54) is 14.0 Å². The Hall–Kier alpha value is -3.82. The molecule has 0 spiro atoms. The molecule has 27 heavy (non-hydrogen) atoms. The summed E-state index contributed by atoms with van der Waals surface area (Å²) in [7, 11) is 1.52. The number of hydrogen-bond donors (Lipinski definition) is 2. The lowest BCUT2D eigenvalue weighted by Crippen LogP contribution is -2.19. The van der Waals surface area contributed by atoms with Gasteiger partial charge in [-0.05, 0) is 24.6 Å². The van der Waals surface area contributed by atoms with Crippen molar-refractivity contribution < 1.29 is 19.4 Å². The molecule has 0 saturated heterocycles. The number of rotatable bonds is 6. The second kappa shape index (κ2) is 8.04. The molecule has 10 nitrogen and oxygen atoms in total. The van der Waals surface area contributed by atoms with Gasteiger partial charge in [-0.1, -0.05) is 12.1 Å². The van der Waals surface area contributed by atoms with Gasteiger partial charge in [0.05, 0.1) is 21.8 Å². The summed E-state index contributed by atoms with van der Waals surface area (Å²) in [5, 5.41) is 27.2. The fourth-order valence-electron chi connectivity index (χ4n) is 2.38. The average molecular weight is 372 g/mol. The zero-order valence-corrected chi connectivity index (χ0v) is 14.5. The van der Waals surface area contributed by atoms with E-state index in [-0.39, 0.29) is 23.5 Å². The fourth-order valence-corrected chi connectivity index (χ4v) is 2.38. The summed E-state index contributed by atoms with van der Waals surface area (Å²) in [6.07, 6.45) is 0.182. The van der Waals surface area contributed by atoms with Crippen LogP contribution in [0.15, 0.2) is 36.4 Å². The molecule has 0 aliphatic heterocycles. The molecule has 0 aromatic heterocycles. The van der Waals surface area contributed by atoms with E-state index in [0.29, 0.717) is 5.69 Å². The Morgan fingerprint density at radius 3 is 1.96 bits per heavy atom. The highest BCUT2D eigenvalue weighted by Crippen LogP contribution is 2.29. The predicted octanol–water partition coefficient (Wildman–Crippen LogP) is 2.35. The van der Waals surface area contributed by atoms with Crippen LogP contribution in [0.3, 0.4) is 0 Å². The number of nitrogens with one attached hydrogen (secondary N) is 2.